The van der Waals surface area contributed by atoms with Crippen LogP contribution in [-0.2, 0) is 22.4 Å². The molecule has 0 aliphatic heterocycles. The lowest BCUT2D eigenvalue weighted by atomic mass is 10.0. The van der Waals surface area contributed by atoms with Crippen LogP contribution in [0.25, 0.3) is 0 Å². The second-order valence-electron chi connectivity index (χ2n) is 8.58. The quantitative estimate of drug-likeness (QED) is 0.166. The van der Waals surface area contributed by atoms with Gasteiger partial charge in [0, 0.05) is 23.1 Å². The topological polar surface area (TPSA) is 38.8 Å². The van der Waals surface area contributed by atoms with E-state index in [0.29, 0.717) is 6.61 Å². The highest BCUT2D eigenvalue weighted by Gasteiger charge is 2.12. The summed E-state index contributed by atoms with van der Waals surface area (Å²) in [5, 5.41) is 0. The number of anilines is 3. The second-order valence-corrected chi connectivity index (χ2v) is 8.58. The number of ether oxygens (including phenoxy) is 2. The van der Waals surface area contributed by atoms with E-state index in [9.17, 15) is 4.79 Å². The maximum Gasteiger partial charge on any atom is 0.330 e. The zero-order chi connectivity index (χ0) is 25.2. The SMILES string of the molecule is C=CC(=O)OC(C)COc1ccc(CCc2ccc(N(c3ccccc3)c3ccccc3)cc2)cc1. The first-order valence-electron chi connectivity index (χ1n) is 12.2. The fourth-order valence-electron chi connectivity index (χ4n) is 3.95. The van der Waals surface area contributed by atoms with E-state index in [4.69, 9.17) is 9.47 Å². The summed E-state index contributed by atoms with van der Waals surface area (Å²) in [7, 11) is 0. The Balaban J connectivity index is 1.35. The van der Waals surface area contributed by atoms with Crippen molar-refractivity contribution in [3.8, 4) is 5.75 Å². The average molecular weight is 478 g/mol. The summed E-state index contributed by atoms with van der Waals surface area (Å²) >= 11 is 0. The first-order chi connectivity index (χ1) is 17.6. The lowest BCUT2D eigenvalue weighted by Gasteiger charge is -2.25. The molecule has 1 atom stereocenters. The molecular formula is C32H31NO3. The van der Waals surface area contributed by atoms with Crippen LogP contribution in [0.15, 0.2) is 122 Å². The van der Waals surface area contributed by atoms with Crippen molar-refractivity contribution in [2.24, 2.45) is 0 Å². The summed E-state index contributed by atoms with van der Waals surface area (Å²) in [6.07, 6.45) is 2.71. The van der Waals surface area contributed by atoms with Gasteiger partial charge in [-0.3, -0.25) is 0 Å². The molecule has 0 spiro atoms. The summed E-state index contributed by atoms with van der Waals surface area (Å²) in [4.78, 5) is 13.5. The van der Waals surface area contributed by atoms with Gasteiger partial charge in [-0.2, -0.15) is 0 Å². The molecule has 4 aromatic carbocycles. The van der Waals surface area contributed by atoms with E-state index in [0.717, 1.165) is 41.7 Å². The molecule has 182 valence electrons. The van der Waals surface area contributed by atoms with Crippen molar-refractivity contribution in [3.05, 3.63) is 133 Å². The third-order valence-corrected chi connectivity index (χ3v) is 5.82. The maximum absolute atomic E-state index is 11.3. The van der Waals surface area contributed by atoms with Crippen molar-refractivity contribution in [3.63, 3.8) is 0 Å². The highest BCUT2D eigenvalue weighted by atomic mass is 16.6. The largest absolute Gasteiger partial charge is 0.490 e. The molecule has 0 amide bonds. The molecule has 4 aromatic rings. The van der Waals surface area contributed by atoms with Gasteiger partial charge in [0.25, 0.3) is 0 Å². The van der Waals surface area contributed by atoms with Gasteiger partial charge in [0.05, 0.1) is 0 Å². The zero-order valence-electron chi connectivity index (χ0n) is 20.5. The molecule has 4 rings (SSSR count). The molecule has 0 aromatic heterocycles. The van der Waals surface area contributed by atoms with Crippen molar-refractivity contribution in [1.82, 2.24) is 0 Å². The van der Waals surface area contributed by atoms with Gasteiger partial charge in [0.1, 0.15) is 18.5 Å². The molecule has 1 unspecified atom stereocenters. The smallest absolute Gasteiger partial charge is 0.330 e. The maximum atomic E-state index is 11.3. The van der Waals surface area contributed by atoms with Crippen molar-refractivity contribution in [1.29, 1.82) is 0 Å². The van der Waals surface area contributed by atoms with Crippen LogP contribution in [0, 0.1) is 0 Å². The normalized spacial score (nSPS) is 11.4. The summed E-state index contributed by atoms with van der Waals surface area (Å²) < 4.78 is 10.8. The molecule has 0 aliphatic rings. The van der Waals surface area contributed by atoms with Gasteiger partial charge in [0.15, 0.2) is 0 Å². The molecule has 0 aliphatic carbocycles. The summed E-state index contributed by atoms with van der Waals surface area (Å²) in [6.45, 7) is 5.49. The van der Waals surface area contributed by atoms with Crippen LogP contribution in [0.2, 0.25) is 0 Å². The van der Waals surface area contributed by atoms with Crippen LogP contribution in [0.5, 0.6) is 5.75 Å². The number of hydrogen-bond donors (Lipinski definition) is 0. The number of hydrogen-bond acceptors (Lipinski definition) is 4. The number of carbonyl (C=O) groups excluding carboxylic acids is 1. The summed E-state index contributed by atoms with van der Waals surface area (Å²) in [5.74, 6) is 0.314. The number of para-hydroxylation sites is 2. The Hall–Kier alpha value is -4.31. The third-order valence-electron chi connectivity index (χ3n) is 5.82. The average Bonchev–Trinajstić information content (AvgIpc) is 2.93. The highest BCUT2D eigenvalue weighted by Crippen LogP contribution is 2.34. The van der Waals surface area contributed by atoms with E-state index in [1.54, 1.807) is 6.92 Å². The Labute approximate surface area is 213 Å². The van der Waals surface area contributed by atoms with Gasteiger partial charge in [0.2, 0.25) is 0 Å². The Bertz CT molecular complexity index is 1200. The first-order valence-corrected chi connectivity index (χ1v) is 12.2. The molecule has 0 heterocycles. The van der Waals surface area contributed by atoms with E-state index in [1.165, 1.54) is 11.1 Å². The Morgan fingerprint density at radius 2 is 1.22 bits per heavy atom. The standard InChI is InChI=1S/C32H31NO3/c1-3-32(34)36-25(2)24-35-31-22-18-27(19-23-31)15-14-26-16-20-30(21-17-26)33(28-10-6-4-7-11-28)29-12-8-5-9-13-29/h3-13,16-23,25H,1,14-15,24H2,2H3. The van der Waals surface area contributed by atoms with Crippen LogP contribution in [0.3, 0.4) is 0 Å². The molecule has 4 nitrogen and oxygen atoms in total. The Morgan fingerprint density at radius 3 is 1.72 bits per heavy atom. The van der Waals surface area contributed by atoms with Gasteiger partial charge in [-0.05, 0) is 79.4 Å². The lowest BCUT2D eigenvalue weighted by molar-refractivity contribution is -0.143. The molecular weight excluding hydrogens is 446 g/mol. The number of carbonyl (C=O) groups is 1. The molecule has 0 fully saturated rings. The van der Waals surface area contributed by atoms with Crippen molar-refractivity contribution in [2.45, 2.75) is 25.9 Å². The van der Waals surface area contributed by atoms with Crippen molar-refractivity contribution >= 4 is 23.0 Å². The first kappa shape index (κ1) is 24.8. The number of nitrogens with zero attached hydrogens (tertiary/aromatic N) is 1. The lowest BCUT2D eigenvalue weighted by Crippen LogP contribution is -2.20. The van der Waals surface area contributed by atoms with Gasteiger partial charge in [-0.1, -0.05) is 67.2 Å². The van der Waals surface area contributed by atoms with E-state index in [2.05, 4.69) is 96.4 Å². The van der Waals surface area contributed by atoms with Gasteiger partial charge < -0.3 is 14.4 Å². The van der Waals surface area contributed by atoms with E-state index >= 15 is 0 Å². The molecule has 4 heteroatoms. The van der Waals surface area contributed by atoms with Gasteiger partial charge >= 0.3 is 5.97 Å². The minimum atomic E-state index is -0.442. The van der Waals surface area contributed by atoms with Crippen molar-refractivity contribution < 1.29 is 14.3 Å². The number of rotatable bonds is 11. The number of aryl methyl sites for hydroxylation is 2. The van der Waals surface area contributed by atoms with Crippen LogP contribution < -0.4 is 9.64 Å². The molecule has 0 bridgehead atoms. The Morgan fingerprint density at radius 1 is 0.750 bits per heavy atom. The molecule has 0 saturated heterocycles. The third kappa shape index (κ3) is 6.86. The predicted octanol–water partition coefficient (Wildman–Crippen LogP) is 7.44. The molecule has 36 heavy (non-hydrogen) atoms. The molecule has 0 saturated carbocycles. The van der Waals surface area contributed by atoms with Gasteiger partial charge in [-0.15, -0.1) is 0 Å². The van der Waals surface area contributed by atoms with Crippen LogP contribution in [-0.4, -0.2) is 18.7 Å². The molecule has 0 N–H and O–H groups in total. The number of benzene rings is 4. The van der Waals surface area contributed by atoms with Crippen LogP contribution >= 0.6 is 0 Å². The number of esters is 1. The predicted molar refractivity (Wildman–Crippen MR) is 146 cm³/mol. The van der Waals surface area contributed by atoms with E-state index in [-0.39, 0.29) is 6.10 Å². The van der Waals surface area contributed by atoms with Crippen LogP contribution in [0.4, 0.5) is 17.1 Å². The second kappa shape index (κ2) is 12.4. The highest BCUT2D eigenvalue weighted by molar-refractivity contribution is 5.81. The molecule has 0 radical (unpaired) electrons. The minimum absolute atomic E-state index is 0.300. The van der Waals surface area contributed by atoms with Gasteiger partial charge in [-0.25, -0.2) is 4.79 Å². The minimum Gasteiger partial charge on any atom is -0.490 e. The fraction of sp³-hybridized carbons (Fsp3) is 0.156. The monoisotopic (exact) mass is 477 g/mol. The van der Waals surface area contributed by atoms with Crippen LogP contribution in [0.1, 0.15) is 18.1 Å². The summed E-state index contributed by atoms with van der Waals surface area (Å²) in [5.41, 5.74) is 5.93. The fourth-order valence-corrected chi connectivity index (χ4v) is 3.95. The Kier molecular flexibility index (Phi) is 8.55. The van der Waals surface area contributed by atoms with E-state index < -0.39 is 5.97 Å². The zero-order valence-corrected chi connectivity index (χ0v) is 20.5. The van der Waals surface area contributed by atoms with Crippen molar-refractivity contribution in [2.75, 3.05) is 11.5 Å². The summed E-state index contributed by atoms with van der Waals surface area (Å²) in [6, 6.07) is 37.7. The van der Waals surface area contributed by atoms with E-state index in [1.807, 2.05) is 24.3 Å².